The third-order valence-corrected chi connectivity index (χ3v) is 2.03. The van der Waals surface area contributed by atoms with Crippen LogP contribution in [0.25, 0.3) is 0 Å². The Bertz CT molecular complexity index is 399. The minimum Gasteiger partial charge on any atom is -0.331 e. The van der Waals surface area contributed by atoms with Crippen molar-refractivity contribution in [1.82, 2.24) is 5.06 Å². The van der Waals surface area contributed by atoms with Gasteiger partial charge in [-0.3, -0.25) is 14.1 Å². The summed E-state index contributed by atoms with van der Waals surface area (Å²) in [6.45, 7) is 1.94. The Morgan fingerprint density at radius 1 is 1.25 bits per heavy atom. The van der Waals surface area contributed by atoms with Gasteiger partial charge in [-0.2, -0.15) is 8.42 Å². The Morgan fingerprint density at radius 3 is 2.06 bits per heavy atom. The van der Waals surface area contributed by atoms with Crippen molar-refractivity contribution in [3.05, 3.63) is 0 Å². The number of amides is 2. The smallest absolute Gasteiger partial charge is 0.330 e. The van der Waals surface area contributed by atoms with E-state index < -0.39 is 40.1 Å². The monoisotopic (exact) mass is 253 g/mol. The van der Waals surface area contributed by atoms with Gasteiger partial charge in [-0.05, 0) is 0 Å². The summed E-state index contributed by atoms with van der Waals surface area (Å²) in [6.07, 6.45) is -0.661. The molecule has 0 heterocycles. The highest BCUT2D eigenvalue weighted by atomic mass is 32.2. The van der Waals surface area contributed by atoms with Gasteiger partial charge in [-0.25, -0.2) is 4.79 Å². The molecule has 0 saturated heterocycles. The second-order valence-corrected chi connectivity index (χ2v) is 4.40. The van der Waals surface area contributed by atoms with Gasteiger partial charge in [0.25, 0.3) is 21.9 Å². The van der Waals surface area contributed by atoms with E-state index in [4.69, 9.17) is 4.55 Å². The van der Waals surface area contributed by atoms with Crippen LogP contribution in [0.1, 0.15) is 20.3 Å². The first-order valence-electron chi connectivity index (χ1n) is 4.10. The van der Waals surface area contributed by atoms with E-state index in [0.29, 0.717) is 0 Å². The van der Waals surface area contributed by atoms with Crippen molar-refractivity contribution in [2.75, 3.05) is 5.75 Å². The van der Waals surface area contributed by atoms with E-state index in [1.54, 1.807) is 0 Å². The zero-order valence-corrected chi connectivity index (χ0v) is 9.48. The van der Waals surface area contributed by atoms with E-state index in [1.165, 1.54) is 0 Å². The number of hydroxylamine groups is 2. The quantitative estimate of drug-likeness (QED) is 0.512. The summed E-state index contributed by atoms with van der Waals surface area (Å²) in [6, 6.07) is 0. The Morgan fingerprint density at radius 2 is 1.75 bits per heavy atom. The summed E-state index contributed by atoms with van der Waals surface area (Å²) in [5.74, 6) is -3.64. The normalized spacial score (nSPS) is 10.7. The van der Waals surface area contributed by atoms with Crippen LogP contribution < -0.4 is 0 Å². The molecule has 0 aliphatic carbocycles. The zero-order valence-electron chi connectivity index (χ0n) is 8.67. The van der Waals surface area contributed by atoms with Gasteiger partial charge in [0.15, 0.2) is 0 Å². The number of carbonyl (C=O) groups is 3. The van der Waals surface area contributed by atoms with Crippen molar-refractivity contribution in [2.24, 2.45) is 0 Å². The SMILES string of the molecule is CC(=O)ON(C(C)=O)C(=O)CCS(=O)(=O)O. The summed E-state index contributed by atoms with van der Waals surface area (Å²) in [5.41, 5.74) is 0. The molecule has 0 unspecified atom stereocenters. The maximum atomic E-state index is 11.2. The van der Waals surface area contributed by atoms with Crippen molar-refractivity contribution in [3.8, 4) is 0 Å². The van der Waals surface area contributed by atoms with E-state index in [-0.39, 0.29) is 5.06 Å². The predicted octanol–water partition coefficient (Wildman–Crippen LogP) is -0.882. The maximum Gasteiger partial charge on any atom is 0.330 e. The second-order valence-electron chi connectivity index (χ2n) is 2.83. The average molecular weight is 253 g/mol. The topological polar surface area (TPSA) is 118 Å². The average Bonchev–Trinajstić information content (AvgIpc) is 2.08. The highest BCUT2D eigenvalue weighted by molar-refractivity contribution is 7.85. The van der Waals surface area contributed by atoms with Crippen molar-refractivity contribution in [2.45, 2.75) is 20.3 Å². The van der Waals surface area contributed by atoms with Gasteiger partial charge in [-0.1, -0.05) is 0 Å². The first-order chi connectivity index (χ1) is 7.13. The number of hydrogen-bond acceptors (Lipinski definition) is 6. The fourth-order valence-electron chi connectivity index (χ4n) is 0.737. The summed E-state index contributed by atoms with van der Waals surface area (Å²) in [5, 5.41) is 0.146. The summed E-state index contributed by atoms with van der Waals surface area (Å²) < 4.78 is 29.1. The van der Waals surface area contributed by atoms with E-state index in [0.717, 1.165) is 13.8 Å². The molecule has 16 heavy (non-hydrogen) atoms. The molecule has 9 heteroatoms. The van der Waals surface area contributed by atoms with Crippen LogP contribution >= 0.6 is 0 Å². The molecular weight excluding hydrogens is 242 g/mol. The molecule has 0 radical (unpaired) electrons. The molecule has 0 atom stereocenters. The van der Waals surface area contributed by atoms with Gasteiger partial charge in [0.1, 0.15) is 0 Å². The largest absolute Gasteiger partial charge is 0.331 e. The van der Waals surface area contributed by atoms with Crippen LogP contribution in [0, 0.1) is 0 Å². The third kappa shape index (κ3) is 6.09. The van der Waals surface area contributed by atoms with Gasteiger partial charge >= 0.3 is 5.97 Å². The molecule has 0 aromatic heterocycles. The number of imide groups is 1. The first-order valence-corrected chi connectivity index (χ1v) is 5.71. The molecule has 0 spiro atoms. The van der Waals surface area contributed by atoms with Crippen molar-refractivity contribution in [3.63, 3.8) is 0 Å². The number of carbonyl (C=O) groups excluding carboxylic acids is 3. The molecule has 2 amide bonds. The van der Waals surface area contributed by atoms with Crippen molar-refractivity contribution < 1.29 is 32.2 Å². The molecule has 0 fully saturated rings. The van der Waals surface area contributed by atoms with E-state index in [1.807, 2.05) is 0 Å². The fraction of sp³-hybridized carbons (Fsp3) is 0.571. The summed E-state index contributed by atoms with van der Waals surface area (Å²) >= 11 is 0. The van der Waals surface area contributed by atoms with Crippen LogP contribution in [-0.2, 0) is 29.3 Å². The highest BCUT2D eigenvalue weighted by Gasteiger charge is 2.23. The molecule has 8 nitrogen and oxygen atoms in total. The van der Waals surface area contributed by atoms with Crippen LogP contribution in [0.4, 0.5) is 0 Å². The zero-order chi connectivity index (χ0) is 12.9. The molecule has 0 bridgehead atoms. The molecular formula is C7H11NO7S. The minimum absolute atomic E-state index is 0.146. The Balaban J connectivity index is 4.52. The van der Waals surface area contributed by atoms with Crippen LogP contribution in [0.5, 0.6) is 0 Å². The molecule has 0 aromatic carbocycles. The van der Waals surface area contributed by atoms with E-state index in [2.05, 4.69) is 4.84 Å². The Labute approximate surface area is 91.9 Å². The lowest BCUT2D eigenvalue weighted by Crippen LogP contribution is -2.37. The first kappa shape index (κ1) is 14.5. The number of nitrogens with zero attached hydrogens (tertiary/aromatic N) is 1. The standard InChI is InChI=1S/C7H11NO7S/c1-5(9)8(15-6(2)10)7(11)3-4-16(12,13)14/h3-4H2,1-2H3,(H,12,13,14). The van der Waals surface area contributed by atoms with Gasteiger partial charge in [0.05, 0.1) is 5.75 Å². The molecule has 0 aromatic rings. The van der Waals surface area contributed by atoms with Crippen LogP contribution in [0.15, 0.2) is 0 Å². The maximum absolute atomic E-state index is 11.2. The molecule has 0 saturated carbocycles. The molecule has 0 rings (SSSR count). The van der Waals surface area contributed by atoms with Gasteiger partial charge in [-0.15, -0.1) is 5.06 Å². The lowest BCUT2D eigenvalue weighted by molar-refractivity contribution is -0.199. The van der Waals surface area contributed by atoms with Crippen molar-refractivity contribution in [1.29, 1.82) is 0 Å². The van der Waals surface area contributed by atoms with E-state index in [9.17, 15) is 22.8 Å². The number of hydrogen-bond donors (Lipinski definition) is 1. The Hall–Kier alpha value is -1.48. The second kappa shape index (κ2) is 5.56. The molecule has 92 valence electrons. The minimum atomic E-state index is -4.31. The lowest BCUT2D eigenvalue weighted by Gasteiger charge is -2.15. The Kier molecular flexibility index (Phi) is 5.05. The summed E-state index contributed by atoms with van der Waals surface area (Å²) in [4.78, 5) is 36.9. The van der Waals surface area contributed by atoms with Gasteiger partial charge in [0, 0.05) is 20.3 Å². The van der Waals surface area contributed by atoms with Crippen LogP contribution in [0.3, 0.4) is 0 Å². The van der Waals surface area contributed by atoms with E-state index >= 15 is 0 Å². The predicted molar refractivity (Wildman–Crippen MR) is 50.3 cm³/mol. The molecule has 0 aliphatic rings. The fourth-order valence-corrected chi connectivity index (χ4v) is 1.17. The number of rotatable bonds is 3. The van der Waals surface area contributed by atoms with Crippen molar-refractivity contribution >= 4 is 27.9 Å². The summed E-state index contributed by atoms with van der Waals surface area (Å²) in [7, 11) is -4.31. The van der Waals surface area contributed by atoms with Crippen LogP contribution in [-0.4, -0.2) is 41.6 Å². The molecule has 0 aliphatic heterocycles. The lowest BCUT2D eigenvalue weighted by atomic mass is 10.4. The van der Waals surface area contributed by atoms with Gasteiger partial charge in [0.2, 0.25) is 0 Å². The third-order valence-electron chi connectivity index (χ3n) is 1.31. The van der Waals surface area contributed by atoms with Crippen LogP contribution in [0.2, 0.25) is 0 Å². The highest BCUT2D eigenvalue weighted by Crippen LogP contribution is 2.00. The van der Waals surface area contributed by atoms with Gasteiger partial charge < -0.3 is 4.84 Å². The molecule has 1 N–H and O–H groups in total.